The lowest BCUT2D eigenvalue weighted by atomic mass is 10.1. The highest BCUT2D eigenvalue weighted by Crippen LogP contribution is 2.26. The van der Waals surface area contributed by atoms with Gasteiger partial charge >= 0.3 is 6.18 Å². The highest BCUT2D eigenvalue weighted by Gasteiger charge is 2.30. The molecule has 0 aromatic carbocycles. The Kier molecular flexibility index (Phi) is 5.28. The molecule has 0 nitrogen and oxygen atoms in total. The summed E-state index contributed by atoms with van der Waals surface area (Å²) in [6.45, 7) is 5.28. The van der Waals surface area contributed by atoms with E-state index in [0.717, 1.165) is 24.1 Å². The Balaban J connectivity index is 4.84. The largest absolute Gasteiger partial charge is 0.416 e. The van der Waals surface area contributed by atoms with E-state index in [-0.39, 0.29) is 0 Å². The minimum atomic E-state index is -4.27. The highest BCUT2D eigenvalue weighted by molar-refractivity contribution is 5.29. The molecule has 0 aliphatic carbocycles. The predicted octanol–water partition coefficient (Wildman–Crippen LogP) is 4.41. The van der Waals surface area contributed by atoms with Crippen molar-refractivity contribution in [1.82, 2.24) is 0 Å². The van der Waals surface area contributed by atoms with Gasteiger partial charge in [0.25, 0.3) is 0 Å². The zero-order valence-electron chi connectivity index (χ0n) is 8.65. The van der Waals surface area contributed by atoms with Crippen LogP contribution in [0, 0.1) is 0 Å². The summed E-state index contributed by atoms with van der Waals surface area (Å²) in [6, 6.07) is 0. The van der Waals surface area contributed by atoms with Gasteiger partial charge in [0.15, 0.2) is 0 Å². The third-order valence-electron chi connectivity index (χ3n) is 1.78. The van der Waals surface area contributed by atoms with E-state index in [1.54, 1.807) is 13.8 Å². The Morgan fingerprint density at radius 3 is 2.14 bits per heavy atom. The molecule has 80 valence electrons. The molecule has 0 aliphatic heterocycles. The molecular weight excluding hydrogens is 189 g/mol. The van der Waals surface area contributed by atoms with Crippen LogP contribution in [0.5, 0.6) is 0 Å². The maximum Gasteiger partial charge on any atom is 0.416 e. The molecule has 0 radical (unpaired) electrons. The summed E-state index contributed by atoms with van der Waals surface area (Å²) >= 11 is 0. The Morgan fingerprint density at radius 2 is 1.79 bits per heavy atom. The fraction of sp³-hybridized carbons (Fsp3) is 0.455. The molecule has 0 heterocycles. The molecule has 0 spiro atoms. The second-order valence-corrected chi connectivity index (χ2v) is 2.99. The lowest BCUT2D eigenvalue weighted by molar-refractivity contribution is -0.0881. The smallest absolute Gasteiger partial charge is 0.166 e. The molecule has 0 fully saturated rings. The van der Waals surface area contributed by atoms with Crippen LogP contribution in [0.15, 0.2) is 35.5 Å². The standard InChI is InChI=1S/C11H15F3/c1-4-6-10(11(12,13)14)8-7-9(3)5-2/h4,6-8H,5H2,1-3H3/b6-4-,9-7+,10-8+. The van der Waals surface area contributed by atoms with Gasteiger partial charge in [-0.05, 0) is 20.3 Å². The second-order valence-electron chi connectivity index (χ2n) is 2.99. The lowest BCUT2D eigenvalue weighted by Crippen LogP contribution is -2.09. The minimum Gasteiger partial charge on any atom is -0.166 e. The summed E-state index contributed by atoms with van der Waals surface area (Å²) in [5.74, 6) is 0. The van der Waals surface area contributed by atoms with Crippen molar-refractivity contribution in [3.63, 3.8) is 0 Å². The molecule has 0 atom stereocenters. The second kappa shape index (κ2) is 5.68. The van der Waals surface area contributed by atoms with Gasteiger partial charge in [-0.2, -0.15) is 13.2 Å². The van der Waals surface area contributed by atoms with E-state index in [4.69, 9.17) is 0 Å². The molecule has 0 aliphatic rings. The topological polar surface area (TPSA) is 0 Å². The van der Waals surface area contributed by atoms with E-state index in [2.05, 4.69) is 0 Å². The molecule has 3 heteroatoms. The third kappa shape index (κ3) is 4.90. The van der Waals surface area contributed by atoms with E-state index in [0.29, 0.717) is 0 Å². The molecule has 0 unspecified atom stereocenters. The van der Waals surface area contributed by atoms with Crippen molar-refractivity contribution in [2.45, 2.75) is 33.4 Å². The van der Waals surface area contributed by atoms with Gasteiger partial charge in [-0.15, -0.1) is 0 Å². The van der Waals surface area contributed by atoms with Gasteiger partial charge < -0.3 is 0 Å². The molecule has 0 rings (SSSR count). The van der Waals surface area contributed by atoms with Crippen molar-refractivity contribution < 1.29 is 13.2 Å². The first-order valence-electron chi connectivity index (χ1n) is 4.49. The van der Waals surface area contributed by atoms with Crippen LogP contribution in [-0.4, -0.2) is 6.18 Å². The normalized spacial score (nSPS) is 15.3. The predicted molar refractivity (Wildman–Crippen MR) is 53.0 cm³/mol. The summed E-state index contributed by atoms with van der Waals surface area (Å²) < 4.78 is 36.9. The first kappa shape index (κ1) is 13.0. The van der Waals surface area contributed by atoms with E-state index in [1.165, 1.54) is 12.2 Å². The average molecular weight is 204 g/mol. The van der Waals surface area contributed by atoms with Crippen LogP contribution >= 0.6 is 0 Å². The first-order valence-corrected chi connectivity index (χ1v) is 4.49. The number of hydrogen-bond donors (Lipinski definition) is 0. The third-order valence-corrected chi connectivity index (χ3v) is 1.78. The maximum absolute atomic E-state index is 12.3. The van der Waals surface area contributed by atoms with Crippen LogP contribution in [0.2, 0.25) is 0 Å². The van der Waals surface area contributed by atoms with Crippen molar-refractivity contribution >= 4 is 0 Å². The molecule has 0 N–H and O–H groups in total. The van der Waals surface area contributed by atoms with E-state index in [9.17, 15) is 13.2 Å². The fourth-order valence-corrected chi connectivity index (χ4v) is 0.774. The van der Waals surface area contributed by atoms with Crippen molar-refractivity contribution in [3.05, 3.63) is 35.5 Å². The van der Waals surface area contributed by atoms with E-state index >= 15 is 0 Å². The number of allylic oxidation sites excluding steroid dienone is 6. The van der Waals surface area contributed by atoms with Gasteiger partial charge in [-0.25, -0.2) is 0 Å². The van der Waals surface area contributed by atoms with Gasteiger partial charge in [0.1, 0.15) is 0 Å². The summed E-state index contributed by atoms with van der Waals surface area (Å²) in [7, 11) is 0. The van der Waals surface area contributed by atoms with Crippen LogP contribution in [0.25, 0.3) is 0 Å². The average Bonchev–Trinajstić information content (AvgIpc) is 2.09. The zero-order valence-corrected chi connectivity index (χ0v) is 8.65. The monoisotopic (exact) mass is 204 g/mol. The first-order chi connectivity index (χ1) is 6.41. The number of rotatable bonds is 3. The summed E-state index contributed by atoms with van der Waals surface area (Å²) in [6.07, 6.45) is 1.56. The Morgan fingerprint density at radius 1 is 1.21 bits per heavy atom. The van der Waals surface area contributed by atoms with Crippen molar-refractivity contribution in [2.75, 3.05) is 0 Å². The minimum absolute atomic E-state index is 0.618. The molecule has 0 saturated heterocycles. The van der Waals surface area contributed by atoms with Crippen LogP contribution < -0.4 is 0 Å². The Hall–Kier alpha value is -0.990. The Labute approximate surface area is 82.8 Å². The molecule has 0 bridgehead atoms. The zero-order chi connectivity index (χ0) is 11.2. The van der Waals surface area contributed by atoms with Crippen LogP contribution in [0.3, 0.4) is 0 Å². The quantitative estimate of drug-likeness (QED) is 0.597. The molecule has 0 saturated carbocycles. The number of hydrogen-bond acceptors (Lipinski definition) is 0. The lowest BCUT2D eigenvalue weighted by Gasteiger charge is -2.06. The van der Waals surface area contributed by atoms with Crippen molar-refractivity contribution in [2.24, 2.45) is 0 Å². The summed E-state index contributed by atoms with van der Waals surface area (Å²) in [5.41, 5.74) is 0.309. The van der Waals surface area contributed by atoms with Crippen molar-refractivity contribution in [1.29, 1.82) is 0 Å². The molecule has 14 heavy (non-hydrogen) atoms. The molecule has 0 aromatic heterocycles. The van der Waals surface area contributed by atoms with E-state index in [1.807, 2.05) is 6.92 Å². The molecule has 0 amide bonds. The van der Waals surface area contributed by atoms with E-state index < -0.39 is 11.7 Å². The SMILES string of the molecule is C\C=C/C(=C\C=C(/C)CC)C(F)(F)F. The van der Waals surface area contributed by atoms with Gasteiger partial charge in [0.05, 0.1) is 5.57 Å². The summed E-state index contributed by atoms with van der Waals surface area (Å²) in [5, 5.41) is 0. The molecular formula is C11H15F3. The van der Waals surface area contributed by atoms with Crippen LogP contribution in [0.4, 0.5) is 13.2 Å². The van der Waals surface area contributed by atoms with Gasteiger partial charge in [0, 0.05) is 0 Å². The highest BCUT2D eigenvalue weighted by atomic mass is 19.4. The number of alkyl halides is 3. The Bertz CT molecular complexity index is 254. The van der Waals surface area contributed by atoms with Crippen LogP contribution in [0.1, 0.15) is 27.2 Å². The van der Waals surface area contributed by atoms with Gasteiger partial charge in [-0.1, -0.05) is 36.8 Å². The van der Waals surface area contributed by atoms with Gasteiger partial charge in [-0.3, -0.25) is 0 Å². The van der Waals surface area contributed by atoms with Crippen molar-refractivity contribution in [3.8, 4) is 0 Å². The van der Waals surface area contributed by atoms with Gasteiger partial charge in [0.2, 0.25) is 0 Å². The summed E-state index contributed by atoms with van der Waals surface area (Å²) in [4.78, 5) is 0. The fourth-order valence-electron chi connectivity index (χ4n) is 0.774. The molecule has 0 aromatic rings. The van der Waals surface area contributed by atoms with Crippen LogP contribution in [-0.2, 0) is 0 Å². The number of halogens is 3. The maximum atomic E-state index is 12.3.